The lowest BCUT2D eigenvalue weighted by Crippen LogP contribution is -2.02. The second-order valence-electron chi connectivity index (χ2n) is 5.62. The molecule has 2 aromatic carbocycles. The first kappa shape index (κ1) is 17.2. The second kappa shape index (κ2) is 7.49. The third-order valence-corrected chi connectivity index (χ3v) is 4.10. The Kier molecular flexibility index (Phi) is 5.14. The van der Waals surface area contributed by atoms with Gasteiger partial charge >= 0.3 is 0 Å². The highest BCUT2D eigenvalue weighted by atomic mass is 35.5. The molecule has 0 spiro atoms. The Balaban J connectivity index is 1.86. The number of benzene rings is 2. The van der Waals surface area contributed by atoms with E-state index in [1.807, 2.05) is 24.3 Å². The number of hydrogen-bond acceptors (Lipinski definition) is 3. The minimum Gasteiger partial charge on any atom is -0.497 e. The normalized spacial score (nSPS) is 10.7. The van der Waals surface area contributed by atoms with Gasteiger partial charge in [-0.05, 0) is 29.3 Å². The molecule has 3 rings (SSSR count). The Morgan fingerprint density at radius 3 is 2.56 bits per heavy atom. The number of nitrogens with zero attached hydrogens (tertiary/aromatic N) is 2. The molecule has 0 amide bonds. The number of aromatic nitrogens is 2. The molecule has 1 N–H and O–H groups in total. The molecule has 0 unspecified atom stereocenters. The van der Waals surface area contributed by atoms with Crippen molar-refractivity contribution >= 4 is 16.8 Å². The molecular formula is C19H17ClFN3O. The smallest absolute Gasteiger partial charge is 0.131 e. The van der Waals surface area contributed by atoms with Crippen LogP contribution in [0.15, 0.2) is 54.7 Å². The molecule has 3 aromatic rings. The van der Waals surface area contributed by atoms with Gasteiger partial charge in [-0.2, -0.15) is 5.10 Å². The number of hydrogen-bond donors (Lipinski definition) is 1. The standard InChI is InChI=1S/C19H17ClFN3O/c1-25-15-8-6-13(7-9-15)11-24-12-16(19(20)22)18(23-24)10-14-4-2-3-5-17(14)21/h2-9,12,22H,10-11H2,1H3. The van der Waals surface area contributed by atoms with E-state index >= 15 is 0 Å². The third kappa shape index (κ3) is 4.06. The summed E-state index contributed by atoms with van der Waals surface area (Å²) in [6, 6.07) is 14.2. The van der Waals surface area contributed by atoms with Crippen molar-refractivity contribution < 1.29 is 9.13 Å². The van der Waals surface area contributed by atoms with Crippen LogP contribution in [0, 0.1) is 11.2 Å². The van der Waals surface area contributed by atoms with E-state index in [1.54, 1.807) is 36.2 Å². The van der Waals surface area contributed by atoms with Gasteiger partial charge in [0.2, 0.25) is 0 Å². The third-order valence-electron chi connectivity index (χ3n) is 3.89. The zero-order valence-corrected chi connectivity index (χ0v) is 14.4. The van der Waals surface area contributed by atoms with Gasteiger partial charge in [0.25, 0.3) is 0 Å². The van der Waals surface area contributed by atoms with Crippen LogP contribution in [0.3, 0.4) is 0 Å². The summed E-state index contributed by atoms with van der Waals surface area (Å²) < 4.78 is 20.8. The van der Waals surface area contributed by atoms with Crippen molar-refractivity contribution in [3.63, 3.8) is 0 Å². The maximum atomic E-state index is 13.9. The molecule has 0 aliphatic carbocycles. The van der Waals surface area contributed by atoms with E-state index in [9.17, 15) is 4.39 Å². The van der Waals surface area contributed by atoms with Crippen LogP contribution in [0.4, 0.5) is 4.39 Å². The van der Waals surface area contributed by atoms with Gasteiger partial charge in [-0.15, -0.1) is 0 Å². The lowest BCUT2D eigenvalue weighted by Gasteiger charge is -2.04. The fraction of sp³-hybridized carbons (Fsp3) is 0.158. The van der Waals surface area contributed by atoms with Gasteiger partial charge in [0, 0.05) is 12.6 Å². The predicted molar refractivity (Wildman–Crippen MR) is 96.2 cm³/mol. The molecule has 0 bridgehead atoms. The lowest BCUT2D eigenvalue weighted by atomic mass is 10.1. The molecule has 0 saturated carbocycles. The van der Waals surface area contributed by atoms with Crippen LogP contribution in [0.2, 0.25) is 0 Å². The summed E-state index contributed by atoms with van der Waals surface area (Å²) in [6.07, 6.45) is 2.00. The van der Waals surface area contributed by atoms with E-state index < -0.39 is 0 Å². The molecule has 128 valence electrons. The first-order chi connectivity index (χ1) is 12.1. The summed E-state index contributed by atoms with van der Waals surface area (Å²) in [4.78, 5) is 0. The molecule has 1 aromatic heterocycles. The Labute approximate surface area is 150 Å². The second-order valence-corrected chi connectivity index (χ2v) is 6.00. The van der Waals surface area contributed by atoms with Crippen molar-refractivity contribution in [3.05, 3.63) is 82.9 Å². The Hall–Kier alpha value is -2.66. The maximum Gasteiger partial charge on any atom is 0.131 e. The van der Waals surface area contributed by atoms with Crippen molar-refractivity contribution in [3.8, 4) is 5.75 Å². The summed E-state index contributed by atoms with van der Waals surface area (Å²) >= 11 is 5.89. The molecule has 0 atom stereocenters. The van der Waals surface area contributed by atoms with Gasteiger partial charge < -0.3 is 4.74 Å². The summed E-state index contributed by atoms with van der Waals surface area (Å²) in [7, 11) is 1.62. The van der Waals surface area contributed by atoms with Crippen LogP contribution in [0.25, 0.3) is 0 Å². The van der Waals surface area contributed by atoms with E-state index in [0.717, 1.165) is 11.3 Å². The van der Waals surface area contributed by atoms with Crippen LogP contribution in [0.5, 0.6) is 5.75 Å². The van der Waals surface area contributed by atoms with E-state index in [4.69, 9.17) is 21.7 Å². The number of ether oxygens (including phenoxy) is 1. The highest BCUT2D eigenvalue weighted by Crippen LogP contribution is 2.18. The van der Waals surface area contributed by atoms with Gasteiger partial charge in [0.05, 0.1) is 24.9 Å². The van der Waals surface area contributed by atoms with Crippen molar-refractivity contribution in [2.24, 2.45) is 0 Å². The SMILES string of the molecule is COc1ccc(Cn2cc(C(=N)Cl)c(Cc3ccccc3F)n2)cc1. The summed E-state index contributed by atoms with van der Waals surface area (Å²) in [5.41, 5.74) is 2.65. The molecule has 0 fully saturated rings. The van der Waals surface area contributed by atoms with Crippen LogP contribution in [-0.4, -0.2) is 22.1 Å². The fourth-order valence-electron chi connectivity index (χ4n) is 2.60. The summed E-state index contributed by atoms with van der Waals surface area (Å²) in [5, 5.41) is 12.1. The van der Waals surface area contributed by atoms with Gasteiger partial charge in [-0.1, -0.05) is 41.9 Å². The van der Waals surface area contributed by atoms with Crippen LogP contribution in [0.1, 0.15) is 22.4 Å². The van der Waals surface area contributed by atoms with Crippen molar-refractivity contribution in [2.75, 3.05) is 7.11 Å². The van der Waals surface area contributed by atoms with E-state index in [2.05, 4.69) is 5.10 Å². The molecule has 25 heavy (non-hydrogen) atoms. The minimum absolute atomic E-state index is 0.104. The van der Waals surface area contributed by atoms with Crippen molar-refractivity contribution in [1.29, 1.82) is 5.41 Å². The summed E-state index contributed by atoms with van der Waals surface area (Å²) in [5.74, 6) is 0.493. The van der Waals surface area contributed by atoms with Crippen molar-refractivity contribution in [2.45, 2.75) is 13.0 Å². The molecule has 1 heterocycles. The fourth-order valence-corrected chi connectivity index (χ4v) is 2.75. The average molecular weight is 358 g/mol. The molecular weight excluding hydrogens is 341 g/mol. The van der Waals surface area contributed by atoms with E-state index in [1.165, 1.54) is 6.07 Å². The average Bonchev–Trinajstić information content (AvgIpc) is 3.00. The maximum absolute atomic E-state index is 13.9. The van der Waals surface area contributed by atoms with E-state index in [-0.39, 0.29) is 17.4 Å². The molecule has 4 nitrogen and oxygen atoms in total. The minimum atomic E-state index is -0.292. The van der Waals surface area contributed by atoms with Crippen LogP contribution >= 0.6 is 11.6 Å². The van der Waals surface area contributed by atoms with Gasteiger partial charge in [0.15, 0.2) is 0 Å². The Morgan fingerprint density at radius 1 is 1.20 bits per heavy atom. The van der Waals surface area contributed by atoms with Crippen LogP contribution in [-0.2, 0) is 13.0 Å². The zero-order chi connectivity index (χ0) is 17.8. The lowest BCUT2D eigenvalue weighted by molar-refractivity contribution is 0.414. The van der Waals surface area contributed by atoms with Crippen LogP contribution < -0.4 is 4.74 Å². The first-order valence-electron chi connectivity index (χ1n) is 7.74. The van der Waals surface area contributed by atoms with Crippen molar-refractivity contribution in [1.82, 2.24) is 9.78 Å². The largest absolute Gasteiger partial charge is 0.497 e. The highest BCUT2D eigenvalue weighted by molar-refractivity contribution is 6.68. The Bertz CT molecular complexity index is 890. The predicted octanol–water partition coefficient (Wildman–Crippen LogP) is 4.23. The number of halogens is 2. The highest BCUT2D eigenvalue weighted by Gasteiger charge is 2.14. The Morgan fingerprint density at radius 2 is 1.92 bits per heavy atom. The zero-order valence-electron chi connectivity index (χ0n) is 13.7. The van der Waals surface area contributed by atoms with E-state index in [0.29, 0.717) is 23.4 Å². The van der Waals surface area contributed by atoms with Gasteiger partial charge in [0.1, 0.15) is 16.7 Å². The summed E-state index contributed by atoms with van der Waals surface area (Å²) in [6.45, 7) is 0.526. The number of rotatable bonds is 6. The molecule has 0 aliphatic rings. The quantitative estimate of drug-likeness (QED) is 0.671. The topological polar surface area (TPSA) is 50.9 Å². The monoisotopic (exact) mass is 357 g/mol. The molecule has 0 saturated heterocycles. The van der Waals surface area contributed by atoms with Gasteiger partial charge in [-0.3, -0.25) is 10.1 Å². The number of methoxy groups -OCH3 is 1. The van der Waals surface area contributed by atoms with Gasteiger partial charge in [-0.25, -0.2) is 4.39 Å². The first-order valence-corrected chi connectivity index (χ1v) is 8.11. The molecule has 0 aliphatic heterocycles. The molecule has 0 radical (unpaired) electrons. The molecule has 6 heteroatoms. The number of nitrogens with one attached hydrogen (secondary N) is 1.